The van der Waals surface area contributed by atoms with Crippen molar-refractivity contribution in [2.45, 2.75) is 58.9 Å². The lowest BCUT2D eigenvalue weighted by molar-refractivity contribution is -0.138. The highest BCUT2D eigenvalue weighted by Crippen LogP contribution is 2.23. The Kier molecular flexibility index (Phi) is 4.81. The summed E-state index contributed by atoms with van der Waals surface area (Å²) in [6.45, 7) is 11.6. The van der Waals surface area contributed by atoms with Gasteiger partial charge in [0.25, 0.3) is 5.91 Å². The van der Waals surface area contributed by atoms with Crippen molar-refractivity contribution in [3.8, 4) is 0 Å². The smallest absolute Gasteiger partial charge is 0.305 e. The third-order valence-electron chi connectivity index (χ3n) is 3.81. The van der Waals surface area contributed by atoms with Gasteiger partial charge >= 0.3 is 5.97 Å². The van der Waals surface area contributed by atoms with Gasteiger partial charge in [0, 0.05) is 11.1 Å². The molecule has 1 heterocycles. The molecule has 21 heavy (non-hydrogen) atoms. The monoisotopic (exact) mass is 295 g/mol. The van der Waals surface area contributed by atoms with E-state index in [0.29, 0.717) is 0 Å². The Morgan fingerprint density at radius 3 is 2.29 bits per heavy atom. The fourth-order valence-corrected chi connectivity index (χ4v) is 1.85. The van der Waals surface area contributed by atoms with Crippen LogP contribution in [-0.4, -0.2) is 32.7 Å². The van der Waals surface area contributed by atoms with Crippen LogP contribution in [0.3, 0.4) is 0 Å². The number of carboxylic acid groups (broad SMARTS) is 1. The number of carbonyl (C=O) groups is 2. The normalized spacial score (nSPS) is 14.8. The minimum Gasteiger partial charge on any atom is -0.481 e. The van der Waals surface area contributed by atoms with E-state index in [2.05, 4.69) is 15.5 Å². The molecule has 0 saturated carbocycles. The number of H-pyrrole nitrogens is 1. The van der Waals surface area contributed by atoms with Gasteiger partial charge in [-0.25, -0.2) is 0 Å². The molecule has 0 aliphatic carbocycles. The first-order valence-corrected chi connectivity index (χ1v) is 7.06. The topological polar surface area (TPSA) is 95.1 Å². The molecule has 0 aliphatic heterocycles. The highest BCUT2D eigenvalue weighted by molar-refractivity contribution is 5.93. The summed E-state index contributed by atoms with van der Waals surface area (Å²) in [6, 6.07) is 1.71. The summed E-state index contributed by atoms with van der Waals surface area (Å²) in [5.74, 6) is -1.32. The summed E-state index contributed by atoms with van der Waals surface area (Å²) in [5, 5.41) is 18.7. The standard InChI is InChI=1S/C15H25N3O3/c1-9(2)15(6,8-12(19)20)16-13(21)10-7-11(18-17-10)14(3,4)5/h7,9H,8H2,1-6H3,(H,16,21)(H,17,18)(H,19,20). The van der Waals surface area contributed by atoms with E-state index in [9.17, 15) is 9.59 Å². The lowest BCUT2D eigenvalue weighted by Gasteiger charge is -2.33. The van der Waals surface area contributed by atoms with Gasteiger partial charge in [-0.3, -0.25) is 14.7 Å². The van der Waals surface area contributed by atoms with Crippen LogP contribution in [0, 0.1) is 5.92 Å². The van der Waals surface area contributed by atoms with Crippen LogP contribution in [0.25, 0.3) is 0 Å². The Morgan fingerprint density at radius 1 is 1.33 bits per heavy atom. The minimum absolute atomic E-state index is 0.0152. The summed E-state index contributed by atoms with van der Waals surface area (Å²) < 4.78 is 0. The molecule has 0 aliphatic rings. The first kappa shape index (κ1) is 17.2. The van der Waals surface area contributed by atoms with Crippen LogP contribution in [0.5, 0.6) is 0 Å². The Bertz CT molecular complexity index is 529. The predicted molar refractivity (Wildman–Crippen MR) is 80.2 cm³/mol. The van der Waals surface area contributed by atoms with E-state index in [1.807, 2.05) is 34.6 Å². The van der Waals surface area contributed by atoms with Crippen molar-refractivity contribution >= 4 is 11.9 Å². The number of rotatable bonds is 5. The summed E-state index contributed by atoms with van der Waals surface area (Å²) in [5.41, 5.74) is 0.187. The number of aromatic amines is 1. The second-order valence-corrected chi connectivity index (χ2v) is 7.01. The van der Waals surface area contributed by atoms with E-state index in [0.717, 1.165) is 5.69 Å². The molecule has 1 aromatic heterocycles. The molecule has 0 fully saturated rings. The predicted octanol–water partition coefficient (Wildman–Crippen LogP) is 2.33. The summed E-state index contributed by atoms with van der Waals surface area (Å²) in [4.78, 5) is 23.3. The molecule has 3 N–H and O–H groups in total. The number of aromatic nitrogens is 2. The van der Waals surface area contributed by atoms with Crippen LogP contribution in [0.2, 0.25) is 0 Å². The maximum Gasteiger partial charge on any atom is 0.305 e. The average molecular weight is 295 g/mol. The molecule has 0 saturated heterocycles. The Hall–Kier alpha value is -1.85. The molecule has 0 radical (unpaired) electrons. The van der Waals surface area contributed by atoms with Gasteiger partial charge in [-0.05, 0) is 18.9 Å². The molecule has 6 nitrogen and oxygen atoms in total. The quantitative estimate of drug-likeness (QED) is 0.777. The van der Waals surface area contributed by atoms with Crippen molar-refractivity contribution < 1.29 is 14.7 Å². The number of carboxylic acids is 1. The van der Waals surface area contributed by atoms with E-state index >= 15 is 0 Å². The average Bonchev–Trinajstić information content (AvgIpc) is 2.75. The molecule has 1 atom stereocenters. The SMILES string of the molecule is CC(C)C(C)(CC(=O)O)NC(=O)c1cc(C(C)(C)C)[nH]n1. The Morgan fingerprint density at radius 2 is 1.90 bits per heavy atom. The lowest BCUT2D eigenvalue weighted by Crippen LogP contribution is -2.51. The highest BCUT2D eigenvalue weighted by atomic mass is 16.4. The van der Waals surface area contributed by atoms with E-state index in [1.54, 1.807) is 13.0 Å². The van der Waals surface area contributed by atoms with Gasteiger partial charge in [-0.15, -0.1) is 0 Å². The summed E-state index contributed by atoms with van der Waals surface area (Å²) >= 11 is 0. The molecule has 1 amide bonds. The molecular weight excluding hydrogens is 270 g/mol. The molecule has 1 unspecified atom stereocenters. The van der Waals surface area contributed by atoms with E-state index < -0.39 is 11.5 Å². The number of hydrogen-bond donors (Lipinski definition) is 3. The van der Waals surface area contributed by atoms with Crippen molar-refractivity contribution in [3.05, 3.63) is 17.5 Å². The van der Waals surface area contributed by atoms with Crippen LogP contribution in [0.1, 0.15) is 64.1 Å². The second kappa shape index (κ2) is 5.87. The van der Waals surface area contributed by atoms with Crippen LogP contribution in [0.4, 0.5) is 0 Å². The first-order chi connectivity index (χ1) is 9.45. The van der Waals surface area contributed by atoms with Crippen molar-refractivity contribution in [3.63, 3.8) is 0 Å². The van der Waals surface area contributed by atoms with Crippen molar-refractivity contribution in [1.82, 2.24) is 15.5 Å². The van der Waals surface area contributed by atoms with Crippen LogP contribution < -0.4 is 5.32 Å². The molecule has 0 spiro atoms. The summed E-state index contributed by atoms with van der Waals surface area (Å²) in [7, 11) is 0. The first-order valence-electron chi connectivity index (χ1n) is 7.06. The molecule has 118 valence electrons. The molecule has 6 heteroatoms. The maximum absolute atomic E-state index is 12.3. The van der Waals surface area contributed by atoms with Gasteiger partial charge in [0.15, 0.2) is 0 Å². The largest absolute Gasteiger partial charge is 0.481 e. The highest BCUT2D eigenvalue weighted by Gasteiger charge is 2.34. The van der Waals surface area contributed by atoms with Gasteiger partial charge in [-0.1, -0.05) is 34.6 Å². The zero-order valence-corrected chi connectivity index (χ0v) is 13.6. The van der Waals surface area contributed by atoms with Gasteiger partial charge in [0.2, 0.25) is 0 Å². The van der Waals surface area contributed by atoms with E-state index in [1.165, 1.54) is 0 Å². The van der Waals surface area contributed by atoms with Crippen molar-refractivity contribution in [2.24, 2.45) is 5.92 Å². The van der Waals surface area contributed by atoms with E-state index in [-0.39, 0.29) is 29.4 Å². The zero-order valence-electron chi connectivity index (χ0n) is 13.6. The van der Waals surface area contributed by atoms with Crippen molar-refractivity contribution in [2.75, 3.05) is 0 Å². The fourth-order valence-electron chi connectivity index (χ4n) is 1.85. The van der Waals surface area contributed by atoms with Gasteiger partial charge < -0.3 is 10.4 Å². The fraction of sp³-hybridized carbons (Fsp3) is 0.667. The molecule has 0 bridgehead atoms. The molecular formula is C15H25N3O3. The third kappa shape index (κ3) is 4.31. The number of amides is 1. The lowest BCUT2D eigenvalue weighted by atomic mass is 9.85. The van der Waals surface area contributed by atoms with Gasteiger partial charge in [0.05, 0.1) is 12.0 Å². The maximum atomic E-state index is 12.3. The minimum atomic E-state index is -0.941. The van der Waals surface area contributed by atoms with Crippen LogP contribution in [-0.2, 0) is 10.2 Å². The number of aliphatic carboxylic acids is 1. The zero-order chi connectivity index (χ0) is 16.4. The number of nitrogens with zero attached hydrogens (tertiary/aromatic N) is 1. The van der Waals surface area contributed by atoms with Crippen molar-refractivity contribution in [1.29, 1.82) is 0 Å². The Labute approximate surface area is 125 Å². The number of hydrogen-bond acceptors (Lipinski definition) is 3. The van der Waals surface area contributed by atoms with Gasteiger partial charge in [0.1, 0.15) is 5.69 Å². The van der Waals surface area contributed by atoms with Crippen LogP contribution in [0.15, 0.2) is 6.07 Å². The second-order valence-electron chi connectivity index (χ2n) is 7.01. The van der Waals surface area contributed by atoms with Gasteiger partial charge in [-0.2, -0.15) is 5.10 Å². The third-order valence-corrected chi connectivity index (χ3v) is 3.81. The molecule has 1 aromatic rings. The molecule has 0 aromatic carbocycles. The number of carbonyl (C=O) groups excluding carboxylic acids is 1. The van der Waals surface area contributed by atoms with E-state index in [4.69, 9.17) is 5.11 Å². The number of nitrogens with one attached hydrogen (secondary N) is 2. The van der Waals surface area contributed by atoms with Crippen LogP contribution >= 0.6 is 0 Å². The summed E-state index contributed by atoms with van der Waals surface area (Å²) in [6.07, 6.45) is -0.132. The molecule has 1 rings (SSSR count). The Balaban J connectivity index is 2.93.